The summed E-state index contributed by atoms with van der Waals surface area (Å²) < 4.78 is 0.932. The van der Waals surface area contributed by atoms with Crippen LogP contribution in [-0.2, 0) is 9.59 Å². The normalized spacial score (nSPS) is 13.0. The van der Waals surface area contributed by atoms with Crippen LogP contribution in [0.1, 0.15) is 28.8 Å². The lowest BCUT2D eigenvalue weighted by Crippen LogP contribution is -2.36. The van der Waals surface area contributed by atoms with Crippen LogP contribution in [0.15, 0.2) is 46.9 Å². The lowest BCUT2D eigenvalue weighted by atomic mass is 10.1. The molecule has 1 N–H and O–H groups in total. The molecule has 0 bridgehead atoms. The molecule has 0 saturated heterocycles. The van der Waals surface area contributed by atoms with Gasteiger partial charge in [-0.05, 0) is 55.7 Å². The molecule has 0 aromatic heterocycles. The van der Waals surface area contributed by atoms with Crippen molar-refractivity contribution >= 4 is 45.0 Å². The number of aryl methyl sites for hydroxylation is 1. The first-order chi connectivity index (χ1) is 13.8. The van der Waals surface area contributed by atoms with Crippen LogP contribution in [0.3, 0.4) is 0 Å². The molecule has 0 heterocycles. The monoisotopic (exact) mass is 457 g/mol. The lowest BCUT2D eigenvalue weighted by molar-refractivity contribution is -0.119. The summed E-state index contributed by atoms with van der Waals surface area (Å²) in [6, 6.07) is 12.6. The summed E-state index contributed by atoms with van der Waals surface area (Å²) in [4.78, 5) is 40.7. The zero-order chi connectivity index (χ0) is 21.1. The predicted molar refractivity (Wildman–Crippen MR) is 117 cm³/mol. The summed E-state index contributed by atoms with van der Waals surface area (Å²) in [6.07, 6.45) is 1.80. The molecule has 152 valence electrons. The van der Waals surface area contributed by atoms with Crippen LogP contribution < -0.4 is 10.2 Å². The number of carbonyl (C=O) groups excluding carboxylic acids is 3. The molecular weight excluding hydrogens is 434 g/mol. The van der Waals surface area contributed by atoms with Crippen molar-refractivity contribution in [2.24, 2.45) is 5.92 Å². The Bertz CT molecular complexity index is 956. The molecule has 7 heteroatoms. The number of halogens is 1. The van der Waals surface area contributed by atoms with E-state index in [0.29, 0.717) is 16.9 Å². The number of carbonyl (C=O) groups is 3. The molecule has 2 aromatic rings. The van der Waals surface area contributed by atoms with Crippen molar-refractivity contribution in [2.75, 3.05) is 30.9 Å². The fourth-order valence-electron chi connectivity index (χ4n) is 3.12. The molecule has 0 unspecified atom stereocenters. The number of hydrogen-bond donors (Lipinski definition) is 1. The third kappa shape index (κ3) is 5.03. The Hall–Kier alpha value is -2.67. The van der Waals surface area contributed by atoms with E-state index >= 15 is 0 Å². The summed E-state index contributed by atoms with van der Waals surface area (Å²) in [5.41, 5.74) is 2.59. The molecule has 3 rings (SSSR count). The van der Waals surface area contributed by atoms with E-state index in [2.05, 4.69) is 21.2 Å². The van der Waals surface area contributed by atoms with Gasteiger partial charge in [0.15, 0.2) is 0 Å². The number of amides is 3. The molecule has 1 aliphatic carbocycles. The van der Waals surface area contributed by atoms with Crippen molar-refractivity contribution in [2.45, 2.75) is 19.8 Å². The van der Waals surface area contributed by atoms with Gasteiger partial charge in [-0.25, -0.2) is 0 Å². The second kappa shape index (κ2) is 8.78. The number of nitrogens with zero attached hydrogens (tertiary/aromatic N) is 2. The highest BCUT2D eigenvalue weighted by molar-refractivity contribution is 9.10. The van der Waals surface area contributed by atoms with E-state index in [1.54, 1.807) is 43.3 Å². The van der Waals surface area contributed by atoms with Gasteiger partial charge in [0, 0.05) is 30.2 Å². The van der Waals surface area contributed by atoms with Crippen LogP contribution >= 0.6 is 15.9 Å². The van der Waals surface area contributed by atoms with Crippen molar-refractivity contribution in [3.05, 3.63) is 58.1 Å². The zero-order valence-electron chi connectivity index (χ0n) is 16.7. The minimum Gasteiger partial charge on any atom is -0.332 e. The van der Waals surface area contributed by atoms with Crippen LogP contribution in [-0.4, -0.2) is 43.3 Å². The van der Waals surface area contributed by atoms with E-state index in [-0.39, 0.29) is 30.2 Å². The molecule has 0 atom stereocenters. The third-order valence-corrected chi connectivity index (χ3v) is 5.44. The highest BCUT2D eigenvalue weighted by Gasteiger charge is 2.33. The second-order valence-electron chi connectivity index (χ2n) is 7.36. The number of hydrogen-bond acceptors (Lipinski definition) is 3. The highest BCUT2D eigenvalue weighted by Crippen LogP contribution is 2.33. The molecule has 6 nitrogen and oxygen atoms in total. The van der Waals surface area contributed by atoms with E-state index < -0.39 is 0 Å². The lowest BCUT2D eigenvalue weighted by Gasteiger charge is -2.23. The maximum absolute atomic E-state index is 13.0. The average molecular weight is 458 g/mol. The Labute approximate surface area is 179 Å². The summed E-state index contributed by atoms with van der Waals surface area (Å²) >= 11 is 3.40. The maximum atomic E-state index is 13.0. The van der Waals surface area contributed by atoms with Gasteiger partial charge in [-0.1, -0.05) is 28.1 Å². The minimum atomic E-state index is -0.307. The summed E-state index contributed by atoms with van der Waals surface area (Å²) in [7, 11) is 3.27. The van der Waals surface area contributed by atoms with Gasteiger partial charge in [0.2, 0.25) is 11.8 Å². The van der Waals surface area contributed by atoms with Crippen LogP contribution in [0.5, 0.6) is 0 Å². The fraction of sp³-hybridized carbons (Fsp3) is 0.318. The topological polar surface area (TPSA) is 69.7 Å². The van der Waals surface area contributed by atoms with E-state index in [1.165, 1.54) is 4.90 Å². The minimum absolute atomic E-state index is 0.0244. The number of rotatable bonds is 6. The van der Waals surface area contributed by atoms with E-state index in [0.717, 1.165) is 22.9 Å². The molecule has 2 aromatic carbocycles. The van der Waals surface area contributed by atoms with Crippen molar-refractivity contribution in [1.82, 2.24) is 4.90 Å². The Morgan fingerprint density at radius 2 is 1.79 bits per heavy atom. The van der Waals surface area contributed by atoms with Crippen LogP contribution in [0, 0.1) is 12.8 Å². The second-order valence-corrected chi connectivity index (χ2v) is 8.27. The van der Waals surface area contributed by atoms with Gasteiger partial charge in [0.05, 0.1) is 17.8 Å². The van der Waals surface area contributed by atoms with E-state index in [1.807, 2.05) is 25.1 Å². The van der Waals surface area contributed by atoms with Gasteiger partial charge in [0.25, 0.3) is 5.91 Å². The maximum Gasteiger partial charge on any atom is 0.256 e. The Kier molecular flexibility index (Phi) is 6.37. The van der Waals surface area contributed by atoms with Gasteiger partial charge >= 0.3 is 0 Å². The number of nitrogens with one attached hydrogen (secondary N) is 1. The first-order valence-electron chi connectivity index (χ1n) is 9.46. The first kappa shape index (κ1) is 21.0. The molecular formula is C22H24BrN3O3. The van der Waals surface area contributed by atoms with Gasteiger partial charge < -0.3 is 15.1 Å². The summed E-state index contributed by atoms with van der Waals surface area (Å²) in [5.74, 6) is -0.512. The van der Waals surface area contributed by atoms with Crippen LogP contribution in [0.4, 0.5) is 11.4 Å². The fourth-order valence-corrected chi connectivity index (χ4v) is 3.60. The van der Waals surface area contributed by atoms with Crippen molar-refractivity contribution < 1.29 is 14.4 Å². The van der Waals surface area contributed by atoms with Crippen molar-refractivity contribution in [3.8, 4) is 0 Å². The first-order valence-corrected chi connectivity index (χ1v) is 10.2. The zero-order valence-corrected chi connectivity index (χ0v) is 18.3. The van der Waals surface area contributed by atoms with Gasteiger partial charge in [0.1, 0.15) is 0 Å². The molecule has 3 amide bonds. The number of benzene rings is 2. The molecule has 1 fully saturated rings. The largest absolute Gasteiger partial charge is 0.332 e. The van der Waals surface area contributed by atoms with Gasteiger partial charge in [-0.3, -0.25) is 14.4 Å². The molecule has 29 heavy (non-hydrogen) atoms. The van der Waals surface area contributed by atoms with E-state index in [9.17, 15) is 14.4 Å². The molecule has 0 radical (unpaired) electrons. The van der Waals surface area contributed by atoms with Crippen LogP contribution in [0.2, 0.25) is 0 Å². The number of anilines is 2. The third-order valence-electron chi connectivity index (χ3n) is 4.94. The summed E-state index contributed by atoms with van der Waals surface area (Å²) in [6.45, 7) is 1.81. The Morgan fingerprint density at radius 3 is 2.45 bits per heavy atom. The molecule has 0 aliphatic heterocycles. The Balaban J connectivity index is 1.70. The molecule has 1 aliphatic rings. The highest BCUT2D eigenvalue weighted by atomic mass is 79.9. The summed E-state index contributed by atoms with van der Waals surface area (Å²) in [5, 5.41) is 2.84. The number of para-hydroxylation sites is 1. The quantitative estimate of drug-likeness (QED) is 0.715. The van der Waals surface area contributed by atoms with Gasteiger partial charge in [-0.15, -0.1) is 0 Å². The number of likely N-dealkylation sites (N-methyl/N-ethyl adjacent to an activating group) is 1. The SMILES string of the molecule is Cc1cc(Br)ccc1NC(=O)CN(C)C(=O)c1ccccc1N(C)C(=O)C1CC1. The van der Waals surface area contributed by atoms with E-state index in [4.69, 9.17) is 0 Å². The molecule has 1 saturated carbocycles. The molecule has 0 spiro atoms. The predicted octanol–water partition coefficient (Wildman–Crippen LogP) is 3.84. The Morgan fingerprint density at radius 1 is 1.10 bits per heavy atom. The van der Waals surface area contributed by atoms with Crippen LogP contribution in [0.25, 0.3) is 0 Å². The standard InChI is InChI=1S/C22H24BrN3O3/c1-14-12-16(23)10-11-18(14)24-20(27)13-25(2)22(29)17-6-4-5-7-19(17)26(3)21(28)15-8-9-15/h4-7,10-12,15H,8-9,13H2,1-3H3,(H,24,27). The smallest absolute Gasteiger partial charge is 0.256 e. The van der Waals surface area contributed by atoms with Crippen molar-refractivity contribution in [3.63, 3.8) is 0 Å². The van der Waals surface area contributed by atoms with Crippen molar-refractivity contribution in [1.29, 1.82) is 0 Å². The van der Waals surface area contributed by atoms with Gasteiger partial charge in [-0.2, -0.15) is 0 Å². The average Bonchev–Trinajstić information content (AvgIpc) is 3.53.